The summed E-state index contributed by atoms with van der Waals surface area (Å²) in [7, 11) is 2.22. The fourth-order valence-electron chi connectivity index (χ4n) is 2.15. The van der Waals surface area contributed by atoms with Gasteiger partial charge in [0.05, 0.1) is 0 Å². The lowest BCUT2D eigenvalue weighted by Crippen LogP contribution is -2.41. The zero-order valence-corrected chi connectivity index (χ0v) is 6.09. The van der Waals surface area contributed by atoms with Crippen molar-refractivity contribution in [1.29, 1.82) is 0 Å². The molecule has 0 aromatic rings. The van der Waals surface area contributed by atoms with E-state index in [1.807, 2.05) is 0 Å². The molecule has 0 spiro atoms. The van der Waals surface area contributed by atoms with E-state index in [1.165, 1.54) is 13.1 Å². The molecule has 2 heterocycles. The van der Waals surface area contributed by atoms with Gasteiger partial charge in [0, 0.05) is 25.2 Å². The molecule has 2 rings (SSSR count). The summed E-state index contributed by atoms with van der Waals surface area (Å²) in [4.78, 5) is 2.46. The van der Waals surface area contributed by atoms with Gasteiger partial charge in [0.25, 0.3) is 0 Å². The first-order valence-corrected chi connectivity index (χ1v) is 3.72. The van der Waals surface area contributed by atoms with Crippen molar-refractivity contribution in [3.05, 3.63) is 0 Å². The first-order valence-electron chi connectivity index (χ1n) is 3.72. The number of fused-ring (bicyclic) bond motifs is 2. The van der Waals surface area contributed by atoms with Gasteiger partial charge in [0.15, 0.2) is 0 Å². The van der Waals surface area contributed by atoms with E-state index in [2.05, 4.69) is 24.2 Å². The molecule has 0 aromatic carbocycles. The van der Waals surface area contributed by atoms with E-state index in [4.69, 9.17) is 0 Å². The molecule has 1 N–H and O–H groups in total. The van der Waals surface area contributed by atoms with Crippen molar-refractivity contribution < 1.29 is 0 Å². The lowest BCUT2D eigenvalue weighted by Gasteiger charge is -2.21. The van der Waals surface area contributed by atoms with E-state index in [1.54, 1.807) is 0 Å². The summed E-state index contributed by atoms with van der Waals surface area (Å²) in [5, 5.41) is 3.49. The Morgan fingerprint density at radius 1 is 1.56 bits per heavy atom. The van der Waals surface area contributed by atoms with Crippen LogP contribution in [0.2, 0.25) is 0 Å². The SMILES string of the molecule is CC1C2CN(C)C1CN2. The van der Waals surface area contributed by atoms with Gasteiger partial charge in [-0.2, -0.15) is 0 Å². The van der Waals surface area contributed by atoms with Crippen LogP contribution in [0.15, 0.2) is 0 Å². The standard InChI is InChI=1S/C7H14N2/c1-5-6-4-9(2)7(5)3-8-6/h5-8H,3-4H2,1-2H3. The van der Waals surface area contributed by atoms with E-state index < -0.39 is 0 Å². The number of piperazine rings is 1. The Balaban J connectivity index is 2.16. The Labute approximate surface area is 56.2 Å². The summed E-state index contributed by atoms with van der Waals surface area (Å²) in [6.07, 6.45) is 0. The second-order valence-corrected chi connectivity index (χ2v) is 3.38. The highest BCUT2D eigenvalue weighted by Gasteiger charge is 2.41. The van der Waals surface area contributed by atoms with Crippen molar-refractivity contribution in [2.75, 3.05) is 20.1 Å². The zero-order valence-electron chi connectivity index (χ0n) is 6.09. The van der Waals surface area contributed by atoms with Crippen LogP contribution in [0.5, 0.6) is 0 Å². The summed E-state index contributed by atoms with van der Waals surface area (Å²) in [6.45, 7) is 4.81. The predicted molar refractivity (Wildman–Crippen MR) is 37.4 cm³/mol. The van der Waals surface area contributed by atoms with Crippen molar-refractivity contribution in [1.82, 2.24) is 10.2 Å². The third kappa shape index (κ3) is 0.634. The Morgan fingerprint density at radius 3 is 2.56 bits per heavy atom. The molecule has 2 fully saturated rings. The highest BCUT2D eigenvalue weighted by Crippen LogP contribution is 2.27. The van der Waals surface area contributed by atoms with Gasteiger partial charge in [-0.1, -0.05) is 6.92 Å². The van der Waals surface area contributed by atoms with E-state index >= 15 is 0 Å². The number of rotatable bonds is 0. The fourth-order valence-corrected chi connectivity index (χ4v) is 2.15. The van der Waals surface area contributed by atoms with Crippen LogP contribution >= 0.6 is 0 Å². The van der Waals surface area contributed by atoms with Crippen molar-refractivity contribution >= 4 is 0 Å². The van der Waals surface area contributed by atoms with Crippen molar-refractivity contribution in [3.63, 3.8) is 0 Å². The average molecular weight is 126 g/mol. The summed E-state index contributed by atoms with van der Waals surface area (Å²) in [5.41, 5.74) is 0. The summed E-state index contributed by atoms with van der Waals surface area (Å²) in [6, 6.07) is 1.62. The summed E-state index contributed by atoms with van der Waals surface area (Å²) < 4.78 is 0. The molecule has 2 bridgehead atoms. The Morgan fingerprint density at radius 2 is 2.33 bits per heavy atom. The highest BCUT2D eigenvalue weighted by molar-refractivity contribution is 5.00. The lowest BCUT2D eigenvalue weighted by molar-refractivity contribution is 0.267. The molecule has 2 heteroatoms. The van der Waals surface area contributed by atoms with Gasteiger partial charge in [0.1, 0.15) is 0 Å². The molecule has 52 valence electrons. The first-order chi connectivity index (χ1) is 4.29. The quantitative estimate of drug-likeness (QED) is 0.488. The topological polar surface area (TPSA) is 15.3 Å². The van der Waals surface area contributed by atoms with Gasteiger partial charge in [-0.15, -0.1) is 0 Å². The molecule has 2 aliphatic heterocycles. The third-order valence-electron chi connectivity index (χ3n) is 2.88. The lowest BCUT2D eigenvalue weighted by atomic mass is 10.0. The molecule has 0 saturated carbocycles. The Kier molecular flexibility index (Phi) is 1.08. The summed E-state index contributed by atoms with van der Waals surface area (Å²) >= 11 is 0. The van der Waals surface area contributed by atoms with Gasteiger partial charge in [-0.3, -0.25) is 0 Å². The molecule has 2 nitrogen and oxygen atoms in total. The van der Waals surface area contributed by atoms with Gasteiger partial charge in [-0.05, 0) is 13.0 Å². The molecule has 3 atom stereocenters. The third-order valence-corrected chi connectivity index (χ3v) is 2.88. The van der Waals surface area contributed by atoms with Crippen LogP contribution < -0.4 is 5.32 Å². The molecule has 2 saturated heterocycles. The molecule has 9 heavy (non-hydrogen) atoms. The number of likely N-dealkylation sites (tertiary alicyclic amines) is 1. The second kappa shape index (κ2) is 1.70. The number of hydrogen-bond acceptors (Lipinski definition) is 2. The van der Waals surface area contributed by atoms with Crippen molar-refractivity contribution in [2.24, 2.45) is 5.92 Å². The minimum atomic E-state index is 0.792. The van der Waals surface area contributed by atoms with Crippen LogP contribution in [0.1, 0.15) is 6.92 Å². The number of nitrogens with one attached hydrogen (secondary N) is 1. The van der Waals surface area contributed by atoms with E-state index in [-0.39, 0.29) is 0 Å². The van der Waals surface area contributed by atoms with Crippen LogP contribution in [0.25, 0.3) is 0 Å². The molecule has 3 unspecified atom stereocenters. The molecule has 0 aromatic heterocycles. The normalized spacial score (nSPS) is 50.7. The van der Waals surface area contributed by atoms with E-state index in [0.717, 1.165) is 18.0 Å². The molecule has 0 aliphatic carbocycles. The molecular formula is C7H14N2. The zero-order chi connectivity index (χ0) is 6.43. The number of hydrogen-bond donors (Lipinski definition) is 1. The molecule has 0 amide bonds. The van der Waals surface area contributed by atoms with Crippen LogP contribution in [0.3, 0.4) is 0 Å². The second-order valence-electron chi connectivity index (χ2n) is 3.38. The predicted octanol–water partition coefficient (Wildman–Crippen LogP) is -0.0917. The average Bonchev–Trinajstić information content (AvgIpc) is 2.25. The number of nitrogens with zero attached hydrogens (tertiary/aromatic N) is 1. The van der Waals surface area contributed by atoms with Gasteiger partial charge in [-0.25, -0.2) is 0 Å². The highest BCUT2D eigenvalue weighted by atomic mass is 15.3. The fraction of sp³-hybridized carbons (Fsp3) is 1.00. The maximum absolute atomic E-state index is 3.49. The van der Waals surface area contributed by atoms with Crippen LogP contribution in [0.4, 0.5) is 0 Å². The smallest absolute Gasteiger partial charge is 0.0259 e. The van der Waals surface area contributed by atoms with E-state index in [9.17, 15) is 0 Å². The van der Waals surface area contributed by atoms with E-state index in [0.29, 0.717) is 0 Å². The molecule has 0 radical (unpaired) electrons. The van der Waals surface area contributed by atoms with Crippen molar-refractivity contribution in [2.45, 2.75) is 19.0 Å². The first kappa shape index (κ1) is 5.69. The monoisotopic (exact) mass is 126 g/mol. The van der Waals surface area contributed by atoms with Crippen LogP contribution in [-0.4, -0.2) is 37.1 Å². The van der Waals surface area contributed by atoms with Gasteiger partial charge >= 0.3 is 0 Å². The minimum Gasteiger partial charge on any atom is -0.311 e. The maximum Gasteiger partial charge on any atom is 0.0259 e. The molecule has 2 aliphatic rings. The van der Waals surface area contributed by atoms with Crippen LogP contribution in [0, 0.1) is 5.92 Å². The summed E-state index contributed by atoms with van der Waals surface area (Å²) in [5.74, 6) is 0.884. The van der Waals surface area contributed by atoms with Gasteiger partial charge < -0.3 is 10.2 Å². The maximum atomic E-state index is 3.49. The largest absolute Gasteiger partial charge is 0.311 e. The van der Waals surface area contributed by atoms with Crippen LogP contribution in [-0.2, 0) is 0 Å². The Hall–Kier alpha value is -0.0800. The molecular weight excluding hydrogens is 112 g/mol. The van der Waals surface area contributed by atoms with Gasteiger partial charge in [0.2, 0.25) is 0 Å². The van der Waals surface area contributed by atoms with Crippen molar-refractivity contribution in [3.8, 4) is 0 Å². The number of likely N-dealkylation sites (N-methyl/N-ethyl adjacent to an activating group) is 1. The Bertz CT molecular complexity index is 124. The minimum absolute atomic E-state index is 0.792.